The summed E-state index contributed by atoms with van der Waals surface area (Å²) >= 11 is 1.52. The summed E-state index contributed by atoms with van der Waals surface area (Å²) in [6.07, 6.45) is 19.1. The standard InChI is InChI=1S/C21H29N3OS/c1-6-10-12-14-18(13-11-7-2)17(8-3)15-19(25)23-20-21(26-5)24(9-4)16-22-20/h6-7,9-13,16-18H,1-2,4,8,14-15H2,3,5H3,(H,23,25)/b12-10+,13-11+. The molecule has 1 N–H and O–H groups in total. The summed E-state index contributed by atoms with van der Waals surface area (Å²) in [4.78, 5) is 16.9. The Labute approximate surface area is 161 Å². The summed E-state index contributed by atoms with van der Waals surface area (Å²) in [7, 11) is 0. The van der Waals surface area contributed by atoms with Gasteiger partial charge in [0.1, 0.15) is 11.4 Å². The topological polar surface area (TPSA) is 46.9 Å². The van der Waals surface area contributed by atoms with Gasteiger partial charge >= 0.3 is 0 Å². The number of carbonyl (C=O) groups is 1. The Morgan fingerprint density at radius 3 is 2.65 bits per heavy atom. The van der Waals surface area contributed by atoms with Crippen molar-refractivity contribution in [2.45, 2.75) is 31.2 Å². The molecule has 0 spiro atoms. The molecule has 0 aliphatic heterocycles. The van der Waals surface area contributed by atoms with Crippen LogP contribution in [0.15, 0.2) is 67.5 Å². The molecule has 140 valence electrons. The van der Waals surface area contributed by atoms with Crippen molar-refractivity contribution in [1.29, 1.82) is 0 Å². The molecule has 2 atom stereocenters. The van der Waals surface area contributed by atoms with E-state index in [4.69, 9.17) is 0 Å². The zero-order chi connectivity index (χ0) is 19.4. The van der Waals surface area contributed by atoms with Crippen LogP contribution in [0.5, 0.6) is 0 Å². The molecule has 0 aliphatic rings. The molecule has 0 aliphatic carbocycles. The minimum absolute atomic E-state index is 0.0221. The quantitative estimate of drug-likeness (QED) is 0.387. The molecule has 0 aromatic carbocycles. The third-order valence-electron chi connectivity index (χ3n) is 4.15. The minimum Gasteiger partial charge on any atom is -0.308 e. The maximum absolute atomic E-state index is 12.6. The van der Waals surface area contributed by atoms with Crippen molar-refractivity contribution >= 4 is 29.7 Å². The van der Waals surface area contributed by atoms with Gasteiger partial charge in [-0.2, -0.15) is 0 Å². The minimum atomic E-state index is -0.0221. The van der Waals surface area contributed by atoms with Gasteiger partial charge in [0.15, 0.2) is 5.82 Å². The van der Waals surface area contributed by atoms with Crippen molar-refractivity contribution in [3.8, 4) is 0 Å². The lowest BCUT2D eigenvalue weighted by Crippen LogP contribution is -2.21. The molecule has 1 aromatic heterocycles. The Morgan fingerprint density at radius 2 is 2.08 bits per heavy atom. The van der Waals surface area contributed by atoms with E-state index in [1.54, 1.807) is 29.2 Å². The Kier molecular flexibility index (Phi) is 10.2. The number of amides is 1. The molecule has 0 saturated carbocycles. The Hall–Kier alpha value is -2.27. The number of hydrogen-bond acceptors (Lipinski definition) is 3. The highest BCUT2D eigenvalue weighted by Gasteiger charge is 2.21. The zero-order valence-electron chi connectivity index (χ0n) is 15.7. The van der Waals surface area contributed by atoms with E-state index < -0.39 is 0 Å². The predicted octanol–water partition coefficient (Wildman–Crippen LogP) is 5.55. The second kappa shape index (κ2) is 12.1. The second-order valence-electron chi connectivity index (χ2n) is 5.80. The van der Waals surface area contributed by atoms with Crippen molar-refractivity contribution < 1.29 is 4.79 Å². The monoisotopic (exact) mass is 371 g/mol. The van der Waals surface area contributed by atoms with Crippen LogP contribution >= 0.6 is 11.8 Å². The van der Waals surface area contributed by atoms with Gasteiger partial charge in [0.05, 0.1) is 0 Å². The fourth-order valence-corrected chi connectivity index (χ4v) is 3.40. The molecule has 26 heavy (non-hydrogen) atoms. The number of hydrogen-bond donors (Lipinski definition) is 1. The van der Waals surface area contributed by atoms with Crippen molar-refractivity contribution in [2.75, 3.05) is 11.6 Å². The molecular formula is C21H29N3OS. The summed E-state index contributed by atoms with van der Waals surface area (Å²) in [6.45, 7) is 13.3. The summed E-state index contributed by atoms with van der Waals surface area (Å²) in [5, 5.41) is 3.81. The van der Waals surface area contributed by atoms with Gasteiger partial charge in [-0.15, -0.1) is 11.8 Å². The number of carbonyl (C=O) groups excluding carboxylic acids is 1. The fraction of sp³-hybridized carbons (Fsp3) is 0.333. The first-order valence-electron chi connectivity index (χ1n) is 8.71. The highest BCUT2D eigenvalue weighted by molar-refractivity contribution is 7.98. The van der Waals surface area contributed by atoms with Crippen molar-refractivity contribution in [1.82, 2.24) is 9.55 Å². The van der Waals surface area contributed by atoms with Crippen molar-refractivity contribution in [2.24, 2.45) is 11.8 Å². The Morgan fingerprint density at radius 1 is 1.35 bits per heavy atom. The third-order valence-corrected chi connectivity index (χ3v) is 4.94. The summed E-state index contributed by atoms with van der Waals surface area (Å²) in [5.41, 5.74) is 0. The number of thioether (sulfide) groups is 1. The van der Waals surface area contributed by atoms with E-state index in [1.165, 1.54) is 11.8 Å². The summed E-state index contributed by atoms with van der Waals surface area (Å²) < 4.78 is 1.80. The Bertz CT molecular complexity index is 673. The van der Waals surface area contributed by atoms with Gasteiger partial charge < -0.3 is 5.32 Å². The molecule has 1 rings (SSSR count). The number of nitrogens with zero attached hydrogens (tertiary/aromatic N) is 2. The number of aromatic nitrogens is 2. The number of rotatable bonds is 12. The van der Waals surface area contributed by atoms with E-state index in [2.05, 4.69) is 49.1 Å². The molecule has 2 unspecified atom stereocenters. The number of imidazole rings is 1. The van der Waals surface area contributed by atoms with E-state index in [0.29, 0.717) is 12.2 Å². The molecule has 1 aromatic rings. The fourth-order valence-electron chi connectivity index (χ4n) is 2.77. The molecule has 0 bridgehead atoms. The molecule has 4 nitrogen and oxygen atoms in total. The van der Waals surface area contributed by atoms with E-state index >= 15 is 0 Å². The van der Waals surface area contributed by atoms with Gasteiger partial charge in [0.2, 0.25) is 5.91 Å². The third kappa shape index (κ3) is 6.56. The maximum atomic E-state index is 12.6. The lowest BCUT2D eigenvalue weighted by atomic mass is 9.84. The maximum Gasteiger partial charge on any atom is 0.225 e. The van der Waals surface area contributed by atoms with Crippen LogP contribution < -0.4 is 5.32 Å². The van der Waals surface area contributed by atoms with E-state index in [1.807, 2.05) is 18.4 Å². The second-order valence-corrected chi connectivity index (χ2v) is 6.59. The Balaban J connectivity index is 2.84. The first-order chi connectivity index (χ1) is 12.6. The van der Waals surface area contributed by atoms with Gasteiger partial charge in [0, 0.05) is 12.6 Å². The van der Waals surface area contributed by atoms with Gasteiger partial charge in [-0.25, -0.2) is 4.98 Å². The lowest BCUT2D eigenvalue weighted by molar-refractivity contribution is -0.117. The van der Waals surface area contributed by atoms with Gasteiger partial charge in [0.25, 0.3) is 0 Å². The largest absolute Gasteiger partial charge is 0.308 e. The van der Waals surface area contributed by atoms with Crippen LogP contribution in [-0.2, 0) is 4.79 Å². The number of nitrogens with one attached hydrogen (secondary N) is 1. The van der Waals surface area contributed by atoms with Crippen LogP contribution in [0.3, 0.4) is 0 Å². The first kappa shape index (κ1) is 21.8. The lowest BCUT2D eigenvalue weighted by Gasteiger charge is -2.22. The average molecular weight is 372 g/mol. The summed E-state index contributed by atoms with van der Waals surface area (Å²) in [5.74, 6) is 1.07. The highest BCUT2D eigenvalue weighted by Crippen LogP contribution is 2.28. The average Bonchev–Trinajstić information content (AvgIpc) is 3.04. The van der Waals surface area contributed by atoms with Crippen LogP contribution in [0.25, 0.3) is 6.20 Å². The normalized spacial score (nSPS) is 13.6. The van der Waals surface area contributed by atoms with Gasteiger partial charge in [-0.3, -0.25) is 9.36 Å². The van der Waals surface area contributed by atoms with E-state index in [0.717, 1.165) is 17.9 Å². The van der Waals surface area contributed by atoms with Crippen LogP contribution in [0, 0.1) is 11.8 Å². The van der Waals surface area contributed by atoms with E-state index in [-0.39, 0.29) is 17.7 Å². The molecule has 5 heteroatoms. The van der Waals surface area contributed by atoms with Gasteiger partial charge in [-0.1, -0.05) is 69.5 Å². The van der Waals surface area contributed by atoms with Crippen LogP contribution in [0.2, 0.25) is 0 Å². The van der Waals surface area contributed by atoms with Crippen LogP contribution in [0.4, 0.5) is 5.82 Å². The predicted molar refractivity (Wildman–Crippen MR) is 114 cm³/mol. The highest BCUT2D eigenvalue weighted by atomic mass is 32.2. The smallest absolute Gasteiger partial charge is 0.225 e. The van der Waals surface area contributed by atoms with Crippen molar-refractivity contribution in [3.63, 3.8) is 0 Å². The number of allylic oxidation sites excluding steroid dienone is 6. The van der Waals surface area contributed by atoms with Crippen molar-refractivity contribution in [3.05, 3.63) is 62.5 Å². The molecule has 0 radical (unpaired) electrons. The SMILES string of the molecule is C=C/C=C/CC(/C=C/C=C)C(CC)CC(=O)Nc1ncn(C=C)c1SC. The van der Waals surface area contributed by atoms with Crippen LogP contribution in [-0.4, -0.2) is 21.7 Å². The molecule has 0 saturated heterocycles. The molecule has 1 heterocycles. The number of anilines is 1. The van der Waals surface area contributed by atoms with Gasteiger partial charge in [-0.05, 0) is 24.5 Å². The molecular weight excluding hydrogens is 342 g/mol. The van der Waals surface area contributed by atoms with Crippen LogP contribution in [0.1, 0.15) is 26.2 Å². The summed E-state index contributed by atoms with van der Waals surface area (Å²) in [6, 6.07) is 0. The zero-order valence-corrected chi connectivity index (χ0v) is 16.5. The van der Waals surface area contributed by atoms with E-state index in [9.17, 15) is 4.79 Å². The molecule has 0 fully saturated rings. The molecule has 1 amide bonds. The first-order valence-corrected chi connectivity index (χ1v) is 9.93.